The summed E-state index contributed by atoms with van der Waals surface area (Å²) in [4.78, 5) is 24.2. The molecule has 0 saturated heterocycles. The van der Waals surface area contributed by atoms with Crippen molar-refractivity contribution in [3.8, 4) is 0 Å². The Kier molecular flexibility index (Phi) is 5.21. The average Bonchev–Trinajstić information content (AvgIpc) is 2.61. The minimum absolute atomic E-state index is 0.0128. The number of benzene rings is 1. The fraction of sp³-hybridized carbons (Fsp3) is 0.412. The van der Waals surface area contributed by atoms with Crippen LogP contribution in [0, 0.1) is 0 Å². The Labute approximate surface area is 145 Å². The molecule has 1 aromatic carbocycles. The molecule has 0 fully saturated rings. The maximum absolute atomic E-state index is 12.9. The summed E-state index contributed by atoms with van der Waals surface area (Å²) in [5, 5.41) is 2.43. The van der Waals surface area contributed by atoms with E-state index in [9.17, 15) is 35.9 Å². The predicted molar refractivity (Wildman–Crippen MR) is 81.5 cm³/mol. The van der Waals surface area contributed by atoms with Gasteiger partial charge in [-0.05, 0) is 44.0 Å². The highest BCUT2D eigenvalue weighted by atomic mass is 19.4. The maximum atomic E-state index is 12.9. The number of hydrogen-bond donors (Lipinski definition) is 1. The molecule has 1 aliphatic rings. The second kappa shape index (κ2) is 6.77. The second-order valence-corrected chi connectivity index (χ2v) is 6.07. The number of ketones is 2. The molecule has 0 aromatic heterocycles. The number of nitrogens with one attached hydrogen (secondary N) is 1. The molecule has 26 heavy (non-hydrogen) atoms. The van der Waals surface area contributed by atoms with Crippen molar-refractivity contribution in [3.05, 3.63) is 40.5 Å². The molecule has 0 saturated carbocycles. The van der Waals surface area contributed by atoms with Crippen LogP contribution in [0.4, 0.5) is 32.0 Å². The van der Waals surface area contributed by atoms with E-state index in [0.29, 0.717) is 12.1 Å². The Balaban J connectivity index is 2.43. The van der Waals surface area contributed by atoms with Gasteiger partial charge < -0.3 is 5.32 Å². The van der Waals surface area contributed by atoms with Gasteiger partial charge in [0, 0.05) is 17.7 Å². The molecular formula is C17H15F6NO2. The Morgan fingerprint density at radius 1 is 0.885 bits per heavy atom. The molecule has 1 aliphatic carbocycles. The lowest BCUT2D eigenvalue weighted by molar-refractivity contribution is -0.143. The molecule has 0 amide bonds. The fourth-order valence-corrected chi connectivity index (χ4v) is 2.63. The number of anilines is 1. The highest BCUT2D eigenvalue weighted by Gasteiger charge is 2.37. The summed E-state index contributed by atoms with van der Waals surface area (Å²) in [7, 11) is 0. The van der Waals surface area contributed by atoms with Crippen LogP contribution in [0.3, 0.4) is 0 Å². The number of Topliss-reactive ketones (excluding diaryl/α,β-unsaturated/α-hetero) is 2. The van der Waals surface area contributed by atoms with Gasteiger partial charge in [-0.1, -0.05) is 0 Å². The fourth-order valence-electron chi connectivity index (χ4n) is 2.63. The number of alkyl halides is 6. The Morgan fingerprint density at radius 2 is 1.38 bits per heavy atom. The topological polar surface area (TPSA) is 46.2 Å². The molecule has 0 aliphatic heterocycles. The van der Waals surface area contributed by atoms with Crippen LogP contribution in [0.15, 0.2) is 29.3 Å². The van der Waals surface area contributed by atoms with Crippen molar-refractivity contribution in [1.29, 1.82) is 0 Å². The van der Waals surface area contributed by atoms with E-state index in [1.807, 2.05) is 0 Å². The van der Waals surface area contributed by atoms with Crippen molar-refractivity contribution in [1.82, 2.24) is 0 Å². The molecule has 2 rings (SSSR count). The molecular weight excluding hydrogens is 364 g/mol. The summed E-state index contributed by atoms with van der Waals surface area (Å²) in [6.45, 7) is 2.87. The molecule has 1 atom stereocenters. The van der Waals surface area contributed by atoms with Crippen molar-refractivity contribution < 1.29 is 35.9 Å². The molecule has 1 aromatic rings. The lowest BCUT2D eigenvalue weighted by atomic mass is 10.0. The summed E-state index contributed by atoms with van der Waals surface area (Å²) in [5.74, 6) is -0.806. The zero-order chi connectivity index (χ0) is 19.9. The van der Waals surface area contributed by atoms with Crippen LogP contribution in [-0.4, -0.2) is 17.6 Å². The van der Waals surface area contributed by atoms with E-state index in [1.165, 1.54) is 13.8 Å². The molecule has 3 nitrogen and oxygen atoms in total. The predicted octanol–water partition coefficient (Wildman–Crippen LogP) is 4.77. The number of carbonyl (C=O) groups is 2. The third-order valence-corrected chi connectivity index (χ3v) is 4.26. The smallest absolute Gasteiger partial charge is 0.375 e. The van der Waals surface area contributed by atoms with Crippen LogP contribution in [0.5, 0.6) is 0 Å². The normalized spacial score (nSPS) is 19.6. The Morgan fingerprint density at radius 3 is 1.85 bits per heavy atom. The van der Waals surface area contributed by atoms with E-state index >= 15 is 0 Å². The van der Waals surface area contributed by atoms with Gasteiger partial charge in [0.2, 0.25) is 0 Å². The first-order chi connectivity index (χ1) is 11.8. The van der Waals surface area contributed by atoms with Crippen molar-refractivity contribution in [2.24, 2.45) is 0 Å². The Bertz CT molecular complexity index is 744. The van der Waals surface area contributed by atoms with E-state index in [-0.39, 0.29) is 35.8 Å². The first-order valence-electron chi connectivity index (χ1n) is 7.61. The monoisotopic (exact) mass is 379 g/mol. The van der Waals surface area contributed by atoms with E-state index in [2.05, 4.69) is 5.32 Å². The van der Waals surface area contributed by atoms with Crippen molar-refractivity contribution >= 4 is 17.3 Å². The zero-order valence-corrected chi connectivity index (χ0v) is 13.8. The number of rotatable bonds is 2. The largest absolute Gasteiger partial charge is 0.416 e. The second-order valence-electron chi connectivity index (χ2n) is 6.07. The molecule has 142 valence electrons. The van der Waals surface area contributed by atoms with Crippen LogP contribution < -0.4 is 5.32 Å². The summed E-state index contributed by atoms with van der Waals surface area (Å²) in [6, 6.07) is -0.0396. The summed E-state index contributed by atoms with van der Waals surface area (Å²) < 4.78 is 77.4. The molecule has 0 bridgehead atoms. The van der Waals surface area contributed by atoms with E-state index in [1.54, 1.807) is 0 Å². The van der Waals surface area contributed by atoms with Gasteiger partial charge in [0.05, 0.1) is 17.2 Å². The van der Waals surface area contributed by atoms with E-state index < -0.39 is 41.0 Å². The zero-order valence-electron chi connectivity index (χ0n) is 13.8. The van der Waals surface area contributed by atoms with Crippen molar-refractivity contribution in [3.63, 3.8) is 0 Å². The minimum Gasteiger partial charge on any atom is -0.375 e. The summed E-state index contributed by atoms with van der Waals surface area (Å²) in [6.07, 6.45) is -10.0. The first-order valence-corrected chi connectivity index (χ1v) is 7.61. The molecule has 1 N–H and O–H groups in total. The summed E-state index contributed by atoms with van der Waals surface area (Å²) in [5.41, 5.74) is -3.04. The van der Waals surface area contributed by atoms with Crippen LogP contribution in [0.25, 0.3) is 0 Å². The van der Waals surface area contributed by atoms with Gasteiger partial charge in [-0.3, -0.25) is 9.59 Å². The standard InChI is InChI=1S/C17H15F6NO2/c1-8-9(2)15(26)13(3-4-14(8)25)24-12-6-10(16(18,19)20)5-11(7-12)17(21,22)23/h5-7,13,24H,3-4H2,1-2H3. The molecule has 0 spiro atoms. The van der Waals surface area contributed by atoms with Crippen LogP contribution in [-0.2, 0) is 21.9 Å². The lowest BCUT2D eigenvalue weighted by Crippen LogP contribution is -2.30. The molecule has 0 radical (unpaired) electrons. The number of allylic oxidation sites excluding steroid dienone is 1. The van der Waals surface area contributed by atoms with Crippen LogP contribution >= 0.6 is 0 Å². The minimum atomic E-state index is -4.98. The quantitative estimate of drug-likeness (QED) is 0.753. The molecule has 1 unspecified atom stereocenters. The highest BCUT2D eigenvalue weighted by molar-refractivity contribution is 6.10. The van der Waals surface area contributed by atoms with Crippen molar-refractivity contribution in [2.45, 2.75) is 45.1 Å². The van der Waals surface area contributed by atoms with Gasteiger partial charge in [-0.15, -0.1) is 0 Å². The molecule has 0 heterocycles. The van der Waals surface area contributed by atoms with Gasteiger partial charge >= 0.3 is 12.4 Å². The number of hydrogen-bond acceptors (Lipinski definition) is 3. The maximum Gasteiger partial charge on any atom is 0.416 e. The van der Waals surface area contributed by atoms with E-state index in [4.69, 9.17) is 0 Å². The van der Waals surface area contributed by atoms with E-state index in [0.717, 1.165) is 0 Å². The van der Waals surface area contributed by atoms with Crippen LogP contribution in [0.2, 0.25) is 0 Å². The average molecular weight is 379 g/mol. The SMILES string of the molecule is CC1=C(C)C(=O)C(Nc2cc(C(F)(F)F)cc(C(F)(F)F)c2)CCC1=O. The first kappa shape index (κ1) is 20.0. The Hall–Kier alpha value is -2.32. The van der Waals surface area contributed by atoms with Gasteiger partial charge in [0.15, 0.2) is 11.6 Å². The van der Waals surface area contributed by atoms with Crippen LogP contribution in [0.1, 0.15) is 37.8 Å². The van der Waals surface area contributed by atoms with Gasteiger partial charge in [0.1, 0.15) is 0 Å². The third kappa shape index (κ3) is 4.25. The third-order valence-electron chi connectivity index (χ3n) is 4.26. The lowest BCUT2D eigenvalue weighted by Gasteiger charge is -2.20. The summed E-state index contributed by atoms with van der Waals surface area (Å²) >= 11 is 0. The van der Waals surface area contributed by atoms with Crippen molar-refractivity contribution in [2.75, 3.05) is 5.32 Å². The number of halogens is 6. The number of carbonyl (C=O) groups excluding carboxylic acids is 2. The van der Waals surface area contributed by atoms with Gasteiger partial charge in [0.25, 0.3) is 0 Å². The molecule has 9 heteroatoms. The van der Waals surface area contributed by atoms with Gasteiger partial charge in [-0.2, -0.15) is 26.3 Å². The van der Waals surface area contributed by atoms with Gasteiger partial charge in [-0.25, -0.2) is 0 Å². The highest BCUT2D eigenvalue weighted by Crippen LogP contribution is 2.38.